The fraction of sp³-hybridized carbons (Fsp3) is 0.542. The zero-order chi connectivity index (χ0) is 59.4. The van der Waals surface area contributed by atoms with Gasteiger partial charge >= 0.3 is 12.1 Å². The van der Waals surface area contributed by atoms with Gasteiger partial charge in [0.25, 0.3) is 11.8 Å². The minimum Gasteiger partial charge on any atom is -0.460 e. The number of carbonyl (C=O) groups excluding carboxylic acids is 7. The summed E-state index contributed by atoms with van der Waals surface area (Å²) in [6.07, 6.45) is 3.20. The summed E-state index contributed by atoms with van der Waals surface area (Å²) in [5.41, 5.74) is 8.66. The molecule has 7 rings (SSSR count). The van der Waals surface area contributed by atoms with Gasteiger partial charge in [-0.2, -0.15) is 0 Å². The van der Waals surface area contributed by atoms with Crippen molar-refractivity contribution in [2.75, 3.05) is 92.1 Å². The number of morpholine rings is 1. The number of allylic oxidation sites excluding steroid dienone is 5. The molecule has 0 aliphatic carbocycles. The molecule has 8 bridgehead atoms. The van der Waals surface area contributed by atoms with Crippen LogP contribution in [0.4, 0.5) is 4.79 Å². The second-order valence-electron chi connectivity index (χ2n) is 21.8. The summed E-state index contributed by atoms with van der Waals surface area (Å²) in [5.74, 6) is -3.64. The van der Waals surface area contributed by atoms with Gasteiger partial charge in [-0.05, 0) is 115 Å². The van der Waals surface area contributed by atoms with E-state index >= 15 is 4.79 Å². The van der Waals surface area contributed by atoms with Crippen LogP contribution >= 0.6 is 0 Å². The van der Waals surface area contributed by atoms with Crippen molar-refractivity contribution in [2.24, 2.45) is 0 Å². The molecular weight excluding hydrogens is 1060 g/mol. The lowest BCUT2D eigenvalue weighted by Gasteiger charge is -2.31. The number of hydrogen-bond acceptors (Lipinski definition) is 16. The number of ether oxygens (including phenoxy) is 5. The van der Waals surface area contributed by atoms with E-state index in [0.29, 0.717) is 108 Å². The molecule has 444 valence electrons. The van der Waals surface area contributed by atoms with Gasteiger partial charge in [0.05, 0.1) is 85.7 Å². The Hall–Kier alpha value is -7.31. The first kappa shape index (κ1) is 62.3. The molecule has 6 amide bonds. The van der Waals surface area contributed by atoms with E-state index in [4.69, 9.17) is 38.8 Å². The van der Waals surface area contributed by atoms with E-state index in [2.05, 4.69) is 36.1 Å². The Labute approximate surface area is 478 Å². The van der Waals surface area contributed by atoms with Crippen molar-refractivity contribution in [3.05, 3.63) is 81.2 Å². The SMILES string of the molecule is CCC1=C(C)c2cc3nc(cc4[nH]c(c5c6[nH]c(cc1n2)c(C)c6C(=O)N(CCN1CCOCC1)C5=O)[C@@H](CCC(=O)NCCNC(=O)[C@H](C)NC(=O)[C@H](C)NC(=O)OC(C)(C)C)[C@@H]4C)C(C)=C3/C=C/C(=O)OCCOCCOCCO. The number of hydrogen-bond donors (Lipinski definition) is 7. The molecule has 0 saturated carbocycles. The van der Waals surface area contributed by atoms with Gasteiger partial charge in [-0.3, -0.25) is 33.8 Å². The third kappa shape index (κ3) is 15.4. The normalized spacial score (nSPS) is 17.7. The highest BCUT2D eigenvalue weighted by atomic mass is 16.6. The molecule has 1 fully saturated rings. The van der Waals surface area contributed by atoms with Crippen LogP contribution in [0.5, 0.6) is 0 Å². The van der Waals surface area contributed by atoms with E-state index in [-0.39, 0.29) is 82.9 Å². The smallest absolute Gasteiger partial charge is 0.408 e. The number of aromatic amines is 2. The summed E-state index contributed by atoms with van der Waals surface area (Å²) in [5, 5.41) is 19.5. The van der Waals surface area contributed by atoms with Crippen LogP contribution in [0.25, 0.3) is 33.3 Å². The molecule has 23 heteroatoms. The van der Waals surface area contributed by atoms with Crippen molar-refractivity contribution in [1.82, 2.24) is 51.0 Å². The van der Waals surface area contributed by atoms with Crippen LogP contribution in [0.1, 0.15) is 154 Å². The predicted molar refractivity (Wildman–Crippen MR) is 307 cm³/mol. The van der Waals surface area contributed by atoms with Gasteiger partial charge in [-0.25, -0.2) is 19.6 Å². The Morgan fingerprint density at radius 2 is 1.48 bits per heavy atom. The zero-order valence-electron chi connectivity index (χ0n) is 48.9. The van der Waals surface area contributed by atoms with Crippen LogP contribution in [0.15, 0.2) is 30.4 Å². The van der Waals surface area contributed by atoms with Crippen LogP contribution in [0.3, 0.4) is 0 Å². The lowest BCUT2D eigenvalue weighted by molar-refractivity contribution is -0.139. The summed E-state index contributed by atoms with van der Waals surface area (Å²) in [7, 11) is 0. The zero-order valence-corrected chi connectivity index (χ0v) is 48.9. The first-order valence-electron chi connectivity index (χ1n) is 28.2. The van der Waals surface area contributed by atoms with Crippen LogP contribution in [0.2, 0.25) is 0 Å². The second-order valence-corrected chi connectivity index (χ2v) is 21.8. The number of nitrogens with zero attached hydrogens (tertiary/aromatic N) is 4. The Morgan fingerprint density at radius 3 is 2.18 bits per heavy atom. The summed E-state index contributed by atoms with van der Waals surface area (Å²) < 4.78 is 26.9. The minimum absolute atomic E-state index is 0.0163. The molecule has 5 aliphatic heterocycles. The van der Waals surface area contributed by atoms with Crippen molar-refractivity contribution in [3.8, 4) is 0 Å². The summed E-state index contributed by atoms with van der Waals surface area (Å²) in [6, 6.07) is 3.81. The first-order chi connectivity index (χ1) is 39.1. The molecule has 7 heterocycles. The van der Waals surface area contributed by atoms with E-state index in [0.717, 1.165) is 16.7 Å². The van der Waals surface area contributed by atoms with Crippen molar-refractivity contribution in [1.29, 1.82) is 0 Å². The molecule has 82 heavy (non-hydrogen) atoms. The number of carbonyl (C=O) groups is 7. The number of aryl methyl sites for hydroxylation is 1. The number of H-pyrrole nitrogens is 2. The van der Waals surface area contributed by atoms with Gasteiger partial charge in [-0.15, -0.1) is 0 Å². The number of aromatic nitrogens is 4. The molecule has 0 aromatic carbocycles. The molecule has 0 spiro atoms. The second kappa shape index (κ2) is 28.1. The molecule has 0 radical (unpaired) electrons. The van der Waals surface area contributed by atoms with E-state index < -0.39 is 59.3 Å². The molecule has 2 aromatic heterocycles. The van der Waals surface area contributed by atoms with E-state index in [1.807, 2.05) is 52.8 Å². The molecule has 4 atom stereocenters. The summed E-state index contributed by atoms with van der Waals surface area (Å²) in [4.78, 5) is 116. The number of nitrogens with one attached hydrogen (secondary N) is 6. The molecule has 0 unspecified atom stereocenters. The summed E-state index contributed by atoms with van der Waals surface area (Å²) >= 11 is 0. The molecule has 1 saturated heterocycles. The maximum Gasteiger partial charge on any atom is 0.408 e. The fourth-order valence-electron chi connectivity index (χ4n) is 10.3. The third-order valence-corrected chi connectivity index (χ3v) is 14.9. The van der Waals surface area contributed by atoms with Gasteiger partial charge in [-0.1, -0.05) is 13.8 Å². The molecule has 7 N–H and O–H groups in total. The number of imide groups is 1. The van der Waals surface area contributed by atoms with E-state index in [1.165, 1.54) is 24.8 Å². The van der Waals surface area contributed by atoms with Gasteiger partial charge in [0.1, 0.15) is 24.3 Å². The Kier molecular flexibility index (Phi) is 21.4. The highest BCUT2D eigenvalue weighted by Crippen LogP contribution is 2.45. The number of rotatable bonds is 24. The van der Waals surface area contributed by atoms with Crippen LogP contribution in [0, 0.1) is 6.92 Å². The Balaban J connectivity index is 1.20. The molecule has 2 aromatic rings. The fourth-order valence-corrected chi connectivity index (χ4v) is 10.3. The summed E-state index contributed by atoms with van der Waals surface area (Å²) in [6.45, 7) is 22.0. The maximum absolute atomic E-state index is 15.3. The quantitative estimate of drug-likeness (QED) is 0.0315. The molecule has 23 nitrogen and oxygen atoms in total. The number of fused-ring (bicyclic) bond motifs is 8. The molecular formula is C59H80N10O13. The number of aliphatic hydroxyl groups is 1. The highest BCUT2D eigenvalue weighted by Gasteiger charge is 2.41. The molecule has 5 aliphatic rings. The number of aliphatic hydroxyl groups excluding tert-OH is 1. The lowest BCUT2D eigenvalue weighted by Crippen LogP contribution is -2.52. The number of esters is 1. The van der Waals surface area contributed by atoms with Crippen molar-refractivity contribution < 1.29 is 62.4 Å². The van der Waals surface area contributed by atoms with Crippen LogP contribution < -0.4 is 21.3 Å². The third-order valence-electron chi connectivity index (χ3n) is 14.9. The van der Waals surface area contributed by atoms with Gasteiger partial charge < -0.3 is 60.0 Å². The standard InChI is InChI=1S/C59H80N10O13/c1-11-39-33(2)43-31-47-40(13-15-49(72)81-29-28-80-27-26-79-25-22-70)34(3)42(65-47)30-44-35(4)41(12-14-48(71)60-16-17-61-54(73)37(6)62-55(74)38(7)63-58(77)82-59(8,9)10)52(66-44)51-53-50(36(5)45(67-53)32-46(39)64-43)56(75)69(57(51)76)19-18-68-20-23-78-24-21-68/h13,15,30-32,35,37-38,41,66-67,70H,11-12,14,16-29H2,1-10H3,(H,60,71)(H,61,73)(H,62,74)(H,63,77)/b15-13+,44-30?,46-32?,47-31?,52-51?/t35-,37-,38-,41-/m0/s1. The van der Waals surface area contributed by atoms with Crippen LogP contribution in [-0.2, 0) is 42.9 Å². The Morgan fingerprint density at radius 1 is 0.817 bits per heavy atom. The maximum atomic E-state index is 15.3. The highest BCUT2D eigenvalue weighted by molar-refractivity contribution is 6.23. The van der Waals surface area contributed by atoms with Gasteiger partial charge in [0.2, 0.25) is 17.7 Å². The predicted octanol–water partition coefficient (Wildman–Crippen LogP) is 4.99. The topological polar surface area (TPSA) is 298 Å². The van der Waals surface area contributed by atoms with Gasteiger partial charge in [0.15, 0.2) is 0 Å². The monoisotopic (exact) mass is 1140 g/mol. The number of alkyl carbamates (subject to hydrolysis) is 1. The average Bonchev–Trinajstić information content (AvgIpc) is 2.98. The lowest BCUT2D eigenvalue weighted by atomic mass is 9.84. The van der Waals surface area contributed by atoms with Crippen molar-refractivity contribution in [3.63, 3.8) is 0 Å². The Bertz CT molecular complexity index is 3070. The van der Waals surface area contributed by atoms with Crippen LogP contribution in [-0.4, -0.2) is 186 Å². The largest absolute Gasteiger partial charge is 0.460 e. The van der Waals surface area contributed by atoms with Crippen molar-refractivity contribution in [2.45, 2.75) is 118 Å². The first-order valence-corrected chi connectivity index (χ1v) is 28.2. The van der Waals surface area contributed by atoms with Crippen molar-refractivity contribution >= 4 is 74.9 Å². The van der Waals surface area contributed by atoms with E-state index in [9.17, 15) is 28.8 Å². The number of amides is 6. The minimum atomic E-state index is -0.978. The average molecular weight is 1140 g/mol. The van der Waals surface area contributed by atoms with E-state index in [1.54, 1.807) is 26.8 Å². The van der Waals surface area contributed by atoms with Gasteiger partial charge in [0, 0.05) is 86.1 Å².